The summed E-state index contributed by atoms with van der Waals surface area (Å²) in [5.74, 6) is -0.131. The predicted molar refractivity (Wildman–Crippen MR) is 125 cm³/mol. The van der Waals surface area contributed by atoms with Crippen LogP contribution >= 0.6 is 11.6 Å². The van der Waals surface area contributed by atoms with Gasteiger partial charge in [0.05, 0.1) is 22.2 Å². The Bertz CT molecular complexity index is 1290. The molecule has 1 N–H and O–H groups in total. The summed E-state index contributed by atoms with van der Waals surface area (Å²) in [7, 11) is -3.43. The molecule has 5 amide bonds. The van der Waals surface area contributed by atoms with Gasteiger partial charge in [-0.1, -0.05) is 41.9 Å². The standard InChI is InChI=1S/C23H23ClN4O5S/c1-34(32,33)15-7-8-18(17(24)11-15)25-22(30)26-9-10-27-20(13-26)21(29)28(23(27)31)19-12-16(19)14-5-3-2-4-6-14/h2-8,11,16,19-20H,9-10,12-13H2,1H3,(H,25,30). The highest BCUT2D eigenvalue weighted by Crippen LogP contribution is 2.46. The Morgan fingerprint density at radius 3 is 2.50 bits per heavy atom. The maximum Gasteiger partial charge on any atom is 0.327 e. The molecule has 2 aliphatic heterocycles. The van der Waals surface area contributed by atoms with Gasteiger partial charge in [-0.05, 0) is 30.2 Å². The molecule has 0 bridgehead atoms. The number of piperazine rings is 1. The summed E-state index contributed by atoms with van der Waals surface area (Å²) in [6.07, 6.45) is 1.82. The smallest absolute Gasteiger partial charge is 0.320 e. The van der Waals surface area contributed by atoms with Crippen molar-refractivity contribution in [3.05, 3.63) is 59.1 Å². The number of carbonyl (C=O) groups excluding carboxylic acids is 3. The van der Waals surface area contributed by atoms with Crippen LogP contribution in [0.4, 0.5) is 15.3 Å². The van der Waals surface area contributed by atoms with Gasteiger partial charge in [-0.2, -0.15) is 0 Å². The lowest BCUT2D eigenvalue weighted by Crippen LogP contribution is -2.55. The highest BCUT2D eigenvalue weighted by Gasteiger charge is 2.56. The number of urea groups is 2. The quantitative estimate of drug-likeness (QED) is 0.647. The molecule has 1 aliphatic carbocycles. The van der Waals surface area contributed by atoms with Gasteiger partial charge in [0, 0.05) is 31.3 Å². The molecule has 2 saturated heterocycles. The van der Waals surface area contributed by atoms with Crippen LogP contribution in [-0.4, -0.2) is 79.1 Å². The van der Waals surface area contributed by atoms with E-state index in [1.165, 1.54) is 28.0 Å². The van der Waals surface area contributed by atoms with Gasteiger partial charge in [0.25, 0.3) is 5.91 Å². The van der Waals surface area contributed by atoms with Gasteiger partial charge in [0.15, 0.2) is 9.84 Å². The fourth-order valence-electron chi connectivity index (χ4n) is 4.65. The van der Waals surface area contributed by atoms with Crippen LogP contribution in [0.5, 0.6) is 0 Å². The maximum atomic E-state index is 13.1. The Morgan fingerprint density at radius 2 is 1.82 bits per heavy atom. The van der Waals surface area contributed by atoms with E-state index in [1.54, 1.807) is 4.90 Å². The van der Waals surface area contributed by atoms with E-state index in [0.717, 1.165) is 18.2 Å². The number of hydrogen-bond acceptors (Lipinski definition) is 5. The van der Waals surface area contributed by atoms with Gasteiger partial charge in [-0.25, -0.2) is 18.0 Å². The summed E-state index contributed by atoms with van der Waals surface area (Å²) >= 11 is 6.16. The lowest BCUT2D eigenvalue weighted by atomic mass is 10.1. The van der Waals surface area contributed by atoms with E-state index in [9.17, 15) is 22.8 Å². The Balaban J connectivity index is 1.26. The van der Waals surface area contributed by atoms with E-state index in [4.69, 9.17) is 11.6 Å². The first kappa shape index (κ1) is 22.7. The number of hydrogen-bond donors (Lipinski definition) is 1. The normalized spacial score (nSPS) is 24.3. The largest absolute Gasteiger partial charge is 0.327 e. The molecule has 2 heterocycles. The van der Waals surface area contributed by atoms with Crippen LogP contribution in [0.25, 0.3) is 0 Å². The number of amides is 5. The van der Waals surface area contributed by atoms with E-state index in [0.29, 0.717) is 0 Å². The Kier molecular flexibility index (Phi) is 5.52. The van der Waals surface area contributed by atoms with Gasteiger partial charge in [0.1, 0.15) is 6.04 Å². The number of halogens is 1. The molecular formula is C23H23ClN4O5S. The molecule has 0 spiro atoms. The van der Waals surface area contributed by atoms with Crippen molar-refractivity contribution >= 4 is 45.1 Å². The summed E-state index contributed by atoms with van der Waals surface area (Å²) in [4.78, 5) is 43.4. The molecule has 11 heteroatoms. The molecule has 3 atom stereocenters. The molecule has 3 unspecified atom stereocenters. The highest BCUT2D eigenvalue weighted by molar-refractivity contribution is 7.90. The number of fused-ring (bicyclic) bond motifs is 1. The highest BCUT2D eigenvalue weighted by atomic mass is 35.5. The van der Waals surface area contributed by atoms with E-state index in [-0.39, 0.29) is 59.1 Å². The van der Waals surface area contributed by atoms with Crippen molar-refractivity contribution in [3.8, 4) is 0 Å². The third kappa shape index (κ3) is 4.01. The number of sulfone groups is 1. The van der Waals surface area contributed by atoms with Gasteiger partial charge in [0.2, 0.25) is 0 Å². The molecular weight excluding hydrogens is 480 g/mol. The average molecular weight is 503 g/mol. The molecule has 0 radical (unpaired) electrons. The fraction of sp³-hybridized carbons (Fsp3) is 0.348. The lowest BCUT2D eigenvalue weighted by Gasteiger charge is -2.35. The predicted octanol–water partition coefficient (Wildman–Crippen LogP) is 2.78. The number of imide groups is 1. The first-order valence-electron chi connectivity index (χ1n) is 10.9. The second-order valence-electron chi connectivity index (χ2n) is 8.81. The van der Waals surface area contributed by atoms with Crippen molar-refractivity contribution in [2.24, 2.45) is 0 Å². The molecule has 5 rings (SSSR count). The summed E-state index contributed by atoms with van der Waals surface area (Å²) in [5, 5.41) is 2.76. The van der Waals surface area contributed by atoms with Gasteiger partial charge < -0.3 is 15.1 Å². The molecule has 2 aromatic rings. The molecule has 9 nitrogen and oxygen atoms in total. The monoisotopic (exact) mass is 502 g/mol. The minimum atomic E-state index is -3.43. The Hall–Kier alpha value is -3.11. The first-order chi connectivity index (χ1) is 16.1. The topological polar surface area (TPSA) is 107 Å². The molecule has 1 saturated carbocycles. The molecule has 178 valence electrons. The van der Waals surface area contributed by atoms with E-state index in [1.807, 2.05) is 30.3 Å². The summed E-state index contributed by atoms with van der Waals surface area (Å²) < 4.78 is 23.4. The summed E-state index contributed by atoms with van der Waals surface area (Å²) in [5.41, 5.74) is 1.37. The van der Waals surface area contributed by atoms with Crippen molar-refractivity contribution in [1.82, 2.24) is 14.7 Å². The number of nitrogens with one attached hydrogen (secondary N) is 1. The van der Waals surface area contributed by atoms with Crippen LogP contribution < -0.4 is 5.32 Å². The van der Waals surface area contributed by atoms with Crippen LogP contribution in [0.3, 0.4) is 0 Å². The fourth-order valence-corrected chi connectivity index (χ4v) is 5.59. The van der Waals surface area contributed by atoms with Crippen LogP contribution in [0.2, 0.25) is 5.02 Å². The second kappa shape index (κ2) is 8.28. The van der Waals surface area contributed by atoms with Crippen molar-refractivity contribution in [3.63, 3.8) is 0 Å². The van der Waals surface area contributed by atoms with Gasteiger partial charge >= 0.3 is 12.1 Å². The number of anilines is 1. The van der Waals surface area contributed by atoms with Crippen LogP contribution in [0.15, 0.2) is 53.4 Å². The third-order valence-electron chi connectivity index (χ3n) is 6.57. The lowest BCUT2D eigenvalue weighted by molar-refractivity contribution is -0.129. The summed E-state index contributed by atoms with van der Waals surface area (Å²) in [6, 6.07) is 12.3. The van der Waals surface area contributed by atoms with Crippen LogP contribution in [0, 0.1) is 0 Å². The molecule has 3 aliphatic rings. The zero-order valence-electron chi connectivity index (χ0n) is 18.3. The molecule has 34 heavy (non-hydrogen) atoms. The zero-order valence-corrected chi connectivity index (χ0v) is 19.9. The minimum absolute atomic E-state index is 0.0492. The van der Waals surface area contributed by atoms with Crippen LogP contribution in [-0.2, 0) is 14.6 Å². The van der Waals surface area contributed by atoms with E-state index < -0.39 is 21.9 Å². The molecule has 3 fully saturated rings. The Labute approximate surface area is 202 Å². The zero-order chi connectivity index (χ0) is 24.2. The van der Waals surface area contributed by atoms with Crippen molar-refractivity contribution in [2.75, 3.05) is 31.2 Å². The van der Waals surface area contributed by atoms with Gasteiger partial charge in [-0.3, -0.25) is 9.69 Å². The first-order valence-corrected chi connectivity index (χ1v) is 13.2. The average Bonchev–Trinajstić information content (AvgIpc) is 3.55. The third-order valence-corrected chi connectivity index (χ3v) is 7.99. The van der Waals surface area contributed by atoms with E-state index >= 15 is 0 Å². The number of benzene rings is 2. The van der Waals surface area contributed by atoms with Crippen molar-refractivity contribution in [1.29, 1.82) is 0 Å². The minimum Gasteiger partial charge on any atom is -0.320 e. The summed E-state index contributed by atoms with van der Waals surface area (Å²) in [6.45, 7) is 0.596. The van der Waals surface area contributed by atoms with Gasteiger partial charge in [-0.15, -0.1) is 0 Å². The van der Waals surface area contributed by atoms with Crippen LogP contribution in [0.1, 0.15) is 17.9 Å². The Morgan fingerprint density at radius 1 is 1.09 bits per heavy atom. The number of carbonyl (C=O) groups is 3. The molecule has 2 aromatic carbocycles. The molecule has 0 aromatic heterocycles. The number of nitrogens with zero attached hydrogens (tertiary/aromatic N) is 3. The SMILES string of the molecule is CS(=O)(=O)c1ccc(NC(=O)N2CCN3C(=O)N(C4CC4c4ccccc4)C(=O)C3C2)c(Cl)c1. The second-order valence-corrected chi connectivity index (χ2v) is 11.2. The van der Waals surface area contributed by atoms with E-state index in [2.05, 4.69) is 5.32 Å². The maximum absolute atomic E-state index is 13.1. The number of rotatable bonds is 4. The van der Waals surface area contributed by atoms with Crippen molar-refractivity contribution in [2.45, 2.75) is 29.3 Å². The van der Waals surface area contributed by atoms with Crippen molar-refractivity contribution < 1.29 is 22.8 Å².